The van der Waals surface area contributed by atoms with Crippen LogP contribution in [0.25, 0.3) is 0 Å². The van der Waals surface area contributed by atoms with Gasteiger partial charge in [0.2, 0.25) is 5.91 Å². The number of halogens is 1. The predicted octanol–water partition coefficient (Wildman–Crippen LogP) is 3.04. The zero-order chi connectivity index (χ0) is 11.3. The molecule has 1 aromatic carbocycles. The smallest absolute Gasteiger partial charge is 0.233 e. The van der Waals surface area contributed by atoms with Crippen molar-refractivity contribution in [3.05, 3.63) is 35.9 Å². The van der Waals surface area contributed by atoms with Gasteiger partial charge >= 0.3 is 0 Å². The Morgan fingerprint density at radius 2 is 2.00 bits per heavy atom. The first-order valence-electron chi connectivity index (χ1n) is 5.14. The van der Waals surface area contributed by atoms with Crippen LogP contribution in [0.15, 0.2) is 30.3 Å². The van der Waals surface area contributed by atoms with Crippen LogP contribution in [-0.4, -0.2) is 10.7 Å². The molecular formula is C12H16BrNO. The molecular weight excluding hydrogens is 254 g/mol. The van der Waals surface area contributed by atoms with Crippen LogP contribution in [-0.2, 0) is 4.79 Å². The van der Waals surface area contributed by atoms with E-state index in [0.29, 0.717) is 0 Å². The molecule has 0 bridgehead atoms. The van der Waals surface area contributed by atoms with Gasteiger partial charge in [-0.15, -0.1) is 0 Å². The maximum atomic E-state index is 11.5. The molecule has 0 radical (unpaired) electrons. The van der Waals surface area contributed by atoms with Crippen molar-refractivity contribution in [1.29, 1.82) is 0 Å². The summed E-state index contributed by atoms with van der Waals surface area (Å²) in [5.74, 6) is 0.0331. The number of benzene rings is 1. The molecule has 2 atom stereocenters. The largest absolute Gasteiger partial charge is 0.348 e. The molecule has 2 nitrogen and oxygen atoms in total. The Morgan fingerprint density at radius 3 is 2.47 bits per heavy atom. The lowest BCUT2D eigenvalue weighted by molar-refractivity contribution is -0.120. The lowest BCUT2D eigenvalue weighted by Gasteiger charge is -2.18. The molecule has 0 aliphatic carbocycles. The third-order valence-corrected chi connectivity index (χ3v) is 2.70. The van der Waals surface area contributed by atoms with E-state index in [1.54, 1.807) is 0 Å². The summed E-state index contributed by atoms with van der Waals surface area (Å²) in [7, 11) is 0. The van der Waals surface area contributed by atoms with Crippen LogP contribution in [0.4, 0.5) is 0 Å². The van der Waals surface area contributed by atoms with Gasteiger partial charge in [0.25, 0.3) is 0 Å². The van der Waals surface area contributed by atoms with Gasteiger partial charge < -0.3 is 5.32 Å². The van der Waals surface area contributed by atoms with Gasteiger partial charge in [0, 0.05) is 0 Å². The van der Waals surface area contributed by atoms with E-state index in [1.165, 1.54) is 0 Å². The Morgan fingerprint density at radius 1 is 1.40 bits per heavy atom. The molecule has 1 N–H and O–H groups in total. The number of rotatable bonds is 4. The van der Waals surface area contributed by atoms with Crippen LogP contribution in [0.1, 0.15) is 31.9 Å². The molecule has 82 valence electrons. The molecule has 0 saturated heterocycles. The number of hydrogen-bond donors (Lipinski definition) is 1. The molecule has 1 rings (SSSR count). The normalized spacial score (nSPS) is 14.3. The van der Waals surface area contributed by atoms with E-state index in [2.05, 4.69) is 28.2 Å². The Labute approximate surface area is 99.2 Å². The van der Waals surface area contributed by atoms with Crippen molar-refractivity contribution in [2.24, 2.45) is 0 Å². The van der Waals surface area contributed by atoms with E-state index in [4.69, 9.17) is 0 Å². The molecule has 0 unspecified atom stereocenters. The first-order valence-corrected chi connectivity index (χ1v) is 6.06. The Bertz CT molecular complexity index is 311. The van der Waals surface area contributed by atoms with Crippen molar-refractivity contribution in [3.8, 4) is 0 Å². The molecule has 0 heterocycles. The van der Waals surface area contributed by atoms with Gasteiger partial charge in [0.15, 0.2) is 0 Å². The van der Waals surface area contributed by atoms with Crippen molar-refractivity contribution in [2.45, 2.75) is 31.1 Å². The Hall–Kier alpha value is -0.830. The average Bonchev–Trinajstić information content (AvgIpc) is 2.26. The fourth-order valence-electron chi connectivity index (χ4n) is 1.39. The minimum absolute atomic E-state index is 0.0331. The van der Waals surface area contributed by atoms with E-state index >= 15 is 0 Å². The topological polar surface area (TPSA) is 29.1 Å². The summed E-state index contributed by atoms with van der Waals surface area (Å²) in [5, 5.41) is 3.00. The molecule has 0 aliphatic heterocycles. The van der Waals surface area contributed by atoms with Gasteiger partial charge in [-0.05, 0) is 18.9 Å². The molecule has 1 aromatic rings. The second-order valence-electron chi connectivity index (χ2n) is 3.50. The molecule has 0 fully saturated rings. The van der Waals surface area contributed by atoms with Gasteiger partial charge in [-0.2, -0.15) is 0 Å². The highest BCUT2D eigenvalue weighted by Crippen LogP contribution is 2.16. The van der Waals surface area contributed by atoms with Crippen LogP contribution in [0.5, 0.6) is 0 Å². The monoisotopic (exact) mass is 269 g/mol. The van der Waals surface area contributed by atoms with Gasteiger partial charge in [0.05, 0.1) is 10.9 Å². The third-order valence-electron chi connectivity index (χ3n) is 2.29. The lowest BCUT2D eigenvalue weighted by atomic mass is 10.0. The highest BCUT2D eigenvalue weighted by Gasteiger charge is 2.15. The molecule has 0 saturated carbocycles. The second kappa shape index (κ2) is 5.91. The quantitative estimate of drug-likeness (QED) is 0.837. The molecule has 15 heavy (non-hydrogen) atoms. The zero-order valence-electron chi connectivity index (χ0n) is 9.03. The van der Waals surface area contributed by atoms with Gasteiger partial charge in [-0.25, -0.2) is 0 Å². The van der Waals surface area contributed by atoms with E-state index < -0.39 is 0 Å². The summed E-state index contributed by atoms with van der Waals surface area (Å²) in [4.78, 5) is 11.4. The zero-order valence-corrected chi connectivity index (χ0v) is 10.6. The first-order chi connectivity index (χ1) is 7.15. The fourth-order valence-corrected chi connectivity index (χ4v) is 1.53. The van der Waals surface area contributed by atoms with Crippen molar-refractivity contribution < 1.29 is 4.79 Å². The average molecular weight is 270 g/mol. The summed E-state index contributed by atoms with van der Waals surface area (Å²) in [5.41, 5.74) is 1.15. The molecule has 0 aromatic heterocycles. The third kappa shape index (κ3) is 3.67. The molecule has 0 spiro atoms. The second-order valence-corrected chi connectivity index (χ2v) is 4.87. The van der Waals surface area contributed by atoms with E-state index in [9.17, 15) is 4.79 Å². The number of hydrogen-bond acceptors (Lipinski definition) is 1. The molecule has 0 aliphatic rings. The van der Waals surface area contributed by atoms with Crippen molar-refractivity contribution in [3.63, 3.8) is 0 Å². The molecule has 3 heteroatoms. The minimum Gasteiger partial charge on any atom is -0.348 e. The predicted molar refractivity (Wildman–Crippen MR) is 66.0 cm³/mol. The van der Waals surface area contributed by atoms with Gasteiger partial charge in [-0.1, -0.05) is 53.2 Å². The summed E-state index contributed by atoms with van der Waals surface area (Å²) in [6.07, 6.45) is 0.898. The summed E-state index contributed by atoms with van der Waals surface area (Å²) < 4.78 is 0. The number of amides is 1. The van der Waals surface area contributed by atoms with Crippen molar-refractivity contribution in [1.82, 2.24) is 5.32 Å². The molecule has 1 amide bonds. The lowest BCUT2D eigenvalue weighted by Crippen LogP contribution is -2.32. The summed E-state index contributed by atoms with van der Waals surface area (Å²) >= 11 is 3.26. The van der Waals surface area contributed by atoms with Crippen LogP contribution in [0.3, 0.4) is 0 Å². The van der Waals surface area contributed by atoms with E-state index in [0.717, 1.165) is 12.0 Å². The first kappa shape index (κ1) is 12.2. The van der Waals surface area contributed by atoms with Crippen LogP contribution < -0.4 is 5.32 Å². The van der Waals surface area contributed by atoms with Gasteiger partial charge in [-0.3, -0.25) is 4.79 Å². The standard InChI is InChI=1S/C12H16BrNO/c1-3-11(14-12(15)9(2)13)10-7-5-4-6-8-10/h4-9,11H,3H2,1-2H3,(H,14,15)/t9-,11+/m1/s1. The highest BCUT2D eigenvalue weighted by molar-refractivity contribution is 9.10. The summed E-state index contributed by atoms with van der Waals surface area (Å²) in [6, 6.07) is 10.1. The highest BCUT2D eigenvalue weighted by atomic mass is 79.9. The summed E-state index contributed by atoms with van der Waals surface area (Å²) in [6.45, 7) is 3.89. The van der Waals surface area contributed by atoms with Gasteiger partial charge in [0.1, 0.15) is 0 Å². The van der Waals surface area contributed by atoms with Crippen LogP contribution >= 0.6 is 15.9 Å². The number of alkyl halides is 1. The maximum Gasteiger partial charge on any atom is 0.233 e. The van der Waals surface area contributed by atoms with Crippen molar-refractivity contribution >= 4 is 21.8 Å². The van der Waals surface area contributed by atoms with E-state index in [-0.39, 0.29) is 16.8 Å². The Kier molecular flexibility index (Phi) is 4.82. The maximum absolute atomic E-state index is 11.5. The fraction of sp³-hybridized carbons (Fsp3) is 0.417. The van der Waals surface area contributed by atoms with E-state index in [1.807, 2.05) is 37.3 Å². The SMILES string of the molecule is CC[C@H](NC(=O)[C@@H](C)Br)c1ccccc1. The number of carbonyl (C=O) groups is 1. The minimum atomic E-state index is -0.143. The Balaban J connectivity index is 2.69. The van der Waals surface area contributed by atoms with Crippen LogP contribution in [0.2, 0.25) is 0 Å². The number of nitrogens with one attached hydrogen (secondary N) is 1. The van der Waals surface area contributed by atoms with Crippen LogP contribution in [0, 0.1) is 0 Å². The van der Waals surface area contributed by atoms with Crippen molar-refractivity contribution in [2.75, 3.05) is 0 Å². The number of carbonyl (C=O) groups excluding carboxylic acids is 1.